The van der Waals surface area contributed by atoms with Crippen molar-refractivity contribution in [2.45, 2.75) is 39.8 Å². The van der Waals surface area contributed by atoms with Crippen molar-refractivity contribution in [3.8, 4) is 16.8 Å². The zero-order valence-corrected chi connectivity index (χ0v) is 17.2. The second-order valence-corrected chi connectivity index (χ2v) is 8.32. The highest BCUT2D eigenvalue weighted by atomic mass is 19.1. The molecule has 0 amide bonds. The van der Waals surface area contributed by atoms with Crippen LogP contribution in [0.3, 0.4) is 0 Å². The Labute approximate surface area is 172 Å². The summed E-state index contributed by atoms with van der Waals surface area (Å²) in [5.74, 6) is 0.470. The molecule has 0 aliphatic carbocycles. The number of halogens is 2. The zero-order chi connectivity index (χ0) is 21.4. The van der Waals surface area contributed by atoms with Gasteiger partial charge in [0.25, 0.3) is 0 Å². The van der Waals surface area contributed by atoms with Crippen LogP contribution in [0.5, 0.6) is 0 Å². The van der Waals surface area contributed by atoms with Crippen LogP contribution in [0.25, 0.3) is 27.7 Å². The second-order valence-electron chi connectivity index (χ2n) is 8.32. The van der Waals surface area contributed by atoms with Crippen LogP contribution in [-0.2, 0) is 12.1 Å². The number of benzene rings is 2. The molecule has 5 rings (SSSR count). The molecular formula is C22H22F2N6. The number of nitrogens with one attached hydrogen (secondary N) is 2. The largest absolute Gasteiger partial charge is 0.369 e. The number of hydrogen-bond donors (Lipinski definition) is 3. The van der Waals surface area contributed by atoms with Crippen LogP contribution in [0.15, 0.2) is 24.4 Å². The van der Waals surface area contributed by atoms with Gasteiger partial charge in [0.1, 0.15) is 17.5 Å². The number of aromatic nitrogens is 4. The van der Waals surface area contributed by atoms with Crippen LogP contribution in [0.4, 0.5) is 14.5 Å². The smallest absolute Gasteiger partial charge is 0.162 e. The van der Waals surface area contributed by atoms with Crippen molar-refractivity contribution in [1.29, 1.82) is 0 Å². The van der Waals surface area contributed by atoms with Gasteiger partial charge in [-0.2, -0.15) is 0 Å². The number of fused-ring (bicyclic) bond motifs is 4. The van der Waals surface area contributed by atoms with E-state index in [0.29, 0.717) is 39.7 Å². The second kappa shape index (κ2) is 6.12. The minimum Gasteiger partial charge on any atom is -0.369 e. The van der Waals surface area contributed by atoms with Crippen LogP contribution in [0.2, 0.25) is 0 Å². The van der Waals surface area contributed by atoms with Crippen LogP contribution >= 0.6 is 0 Å². The Kier molecular flexibility index (Phi) is 3.82. The van der Waals surface area contributed by atoms with Crippen molar-refractivity contribution in [2.24, 2.45) is 5.73 Å². The van der Waals surface area contributed by atoms with E-state index >= 15 is 4.39 Å². The fraction of sp³-hybridized carbons (Fsp3) is 0.273. The topological polar surface area (TPSA) is 84.6 Å². The molecule has 4 aromatic rings. The average molecular weight is 408 g/mol. The van der Waals surface area contributed by atoms with Gasteiger partial charge in [-0.3, -0.25) is 4.57 Å². The highest BCUT2D eigenvalue weighted by Gasteiger charge is 2.37. The van der Waals surface area contributed by atoms with E-state index in [-0.39, 0.29) is 12.4 Å². The predicted molar refractivity (Wildman–Crippen MR) is 113 cm³/mol. The fourth-order valence-corrected chi connectivity index (χ4v) is 4.44. The van der Waals surface area contributed by atoms with Crippen molar-refractivity contribution < 1.29 is 8.78 Å². The summed E-state index contributed by atoms with van der Waals surface area (Å²) in [4.78, 5) is 3.19. The lowest BCUT2D eigenvalue weighted by atomic mass is 9.91. The summed E-state index contributed by atoms with van der Waals surface area (Å²) in [7, 11) is 0. The first-order valence-electron chi connectivity index (χ1n) is 9.77. The molecule has 0 radical (unpaired) electrons. The number of anilines is 1. The molecule has 0 saturated heterocycles. The number of rotatable bonds is 2. The summed E-state index contributed by atoms with van der Waals surface area (Å²) in [6.07, 6.45) is 1.82. The van der Waals surface area contributed by atoms with Gasteiger partial charge in [-0.1, -0.05) is 0 Å². The van der Waals surface area contributed by atoms with E-state index in [1.165, 1.54) is 18.2 Å². The number of H-pyrrole nitrogens is 1. The Bertz CT molecular complexity index is 1330. The molecule has 4 N–H and O–H groups in total. The van der Waals surface area contributed by atoms with Gasteiger partial charge in [0.2, 0.25) is 0 Å². The highest BCUT2D eigenvalue weighted by molar-refractivity contribution is 5.98. The van der Waals surface area contributed by atoms with E-state index in [1.807, 2.05) is 38.5 Å². The standard InChI is InChI=1S/C22H22F2N6/c1-10-9-26-18-13(10)5-12(23)6-15(18)14-7-17(24)19-20(16(14)8-25)30-11(2)28-29-21(30)22(3,4)27-19/h5-7,9,26-27H,8,25H2,1-4H3. The summed E-state index contributed by atoms with van der Waals surface area (Å²) in [5.41, 5.74) is 9.94. The summed E-state index contributed by atoms with van der Waals surface area (Å²) < 4.78 is 31.8. The van der Waals surface area contributed by atoms with E-state index < -0.39 is 11.4 Å². The molecule has 0 unspecified atom stereocenters. The van der Waals surface area contributed by atoms with Crippen molar-refractivity contribution in [3.05, 3.63) is 58.8 Å². The third-order valence-corrected chi connectivity index (χ3v) is 5.86. The van der Waals surface area contributed by atoms with Gasteiger partial charge in [-0.25, -0.2) is 8.78 Å². The van der Waals surface area contributed by atoms with E-state index in [9.17, 15) is 4.39 Å². The van der Waals surface area contributed by atoms with Gasteiger partial charge in [-0.05, 0) is 57.0 Å². The van der Waals surface area contributed by atoms with E-state index in [4.69, 9.17) is 5.73 Å². The lowest BCUT2D eigenvalue weighted by Crippen LogP contribution is -2.37. The first-order valence-corrected chi connectivity index (χ1v) is 9.77. The molecule has 0 spiro atoms. The molecule has 0 saturated carbocycles. The lowest BCUT2D eigenvalue weighted by Gasteiger charge is -2.35. The molecule has 6 nitrogen and oxygen atoms in total. The summed E-state index contributed by atoms with van der Waals surface area (Å²) >= 11 is 0. The molecule has 2 aromatic heterocycles. The minimum absolute atomic E-state index is 0.134. The third kappa shape index (κ3) is 2.43. The fourth-order valence-electron chi connectivity index (χ4n) is 4.44. The monoisotopic (exact) mass is 408 g/mol. The summed E-state index contributed by atoms with van der Waals surface area (Å²) in [6.45, 7) is 7.70. The average Bonchev–Trinajstić information content (AvgIpc) is 3.26. The molecule has 1 aliphatic rings. The Morgan fingerprint density at radius 1 is 1.10 bits per heavy atom. The van der Waals surface area contributed by atoms with Crippen LogP contribution in [0.1, 0.15) is 36.6 Å². The molecule has 0 atom stereocenters. The number of hydrogen-bond acceptors (Lipinski definition) is 4. The number of nitrogens with zero attached hydrogens (tertiary/aromatic N) is 3. The van der Waals surface area contributed by atoms with Gasteiger partial charge >= 0.3 is 0 Å². The predicted octanol–water partition coefficient (Wildman–Crippen LogP) is 4.43. The molecule has 1 aliphatic heterocycles. The molecular weight excluding hydrogens is 386 g/mol. The van der Waals surface area contributed by atoms with Crippen molar-refractivity contribution >= 4 is 16.6 Å². The summed E-state index contributed by atoms with van der Waals surface area (Å²) in [5, 5.41) is 12.5. The number of aromatic amines is 1. The number of aryl methyl sites for hydroxylation is 2. The highest BCUT2D eigenvalue weighted by Crippen LogP contribution is 2.44. The van der Waals surface area contributed by atoms with Gasteiger partial charge in [0, 0.05) is 29.3 Å². The molecule has 2 aromatic carbocycles. The molecule has 0 bridgehead atoms. The normalized spacial score (nSPS) is 14.5. The Balaban J connectivity index is 1.90. The molecule has 30 heavy (non-hydrogen) atoms. The zero-order valence-electron chi connectivity index (χ0n) is 17.2. The van der Waals surface area contributed by atoms with Gasteiger partial charge < -0.3 is 16.0 Å². The minimum atomic E-state index is -0.620. The van der Waals surface area contributed by atoms with E-state index in [2.05, 4.69) is 20.5 Å². The van der Waals surface area contributed by atoms with Gasteiger partial charge in [0.05, 0.1) is 22.4 Å². The van der Waals surface area contributed by atoms with Gasteiger partial charge in [-0.15, -0.1) is 10.2 Å². The molecule has 154 valence electrons. The first kappa shape index (κ1) is 18.7. The van der Waals surface area contributed by atoms with Crippen LogP contribution < -0.4 is 11.1 Å². The Morgan fingerprint density at radius 2 is 1.87 bits per heavy atom. The van der Waals surface area contributed by atoms with Crippen molar-refractivity contribution in [1.82, 2.24) is 19.7 Å². The number of nitrogens with two attached hydrogens (primary N) is 1. The maximum absolute atomic E-state index is 15.5. The van der Waals surface area contributed by atoms with Crippen LogP contribution in [-0.4, -0.2) is 19.7 Å². The van der Waals surface area contributed by atoms with Gasteiger partial charge in [0.15, 0.2) is 5.82 Å². The maximum atomic E-state index is 15.5. The first-order chi connectivity index (χ1) is 14.2. The molecule has 0 fully saturated rings. The SMILES string of the molecule is Cc1c[nH]c2c(-c3cc(F)c4c(c3CN)-n3c(C)nnc3C(C)(C)N4)cc(F)cc12. The van der Waals surface area contributed by atoms with Crippen molar-refractivity contribution in [3.63, 3.8) is 0 Å². The lowest BCUT2D eigenvalue weighted by molar-refractivity contribution is 0.521. The molecule has 8 heteroatoms. The third-order valence-electron chi connectivity index (χ3n) is 5.86. The Hall–Kier alpha value is -3.26. The van der Waals surface area contributed by atoms with E-state index in [0.717, 1.165) is 16.5 Å². The van der Waals surface area contributed by atoms with Crippen LogP contribution in [0, 0.1) is 25.5 Å². The quantitative estimate of drug-likeness (QED) is 0.458. The maximum Gasteiger partial charge on any atom is 0.162 e. The summed E-state index contributed by atoms with van der Waals surface area (Å²) in [6, 6.07) is 4.32. The Morgan fingerprint density at radius 3 is 2.60 bits per heavy atom. The van der Waals surface area contributed by atoms with Crippen molar-refractivity contribution in [2.75, 3.05) is 5.32 Å². The van der Waals surface area contributed by atoms with E-state index in [1.54, 1.807) is 0 Å². The molecule has 3 heterocycles.